The number of thiophene rings is 1. The lowest BCUT2D eigenvalue weighted by atomic mass is 9.93. The van der Waals surface area contributed by atoms with Crippen LogP contribution in [0.3, 0.4) is 0 Å². The highest BCUT2D eigenvalue weighted by molar-refractivity contribution is 7.94. The minimum Gasteiger partial charge on any atom is -0.465 e. The molecule has 1 fully saturated rings. The highest BCUT2D eigenvalue weighted by Crippen LogP contribution is 2.34. The fourth-order valence-corrected chi connectivity index (χ4v) is 8.61. The van der Waals surface area contributed by atoms with Crippen molar-refractivity contribution >= 4 is 33.1 Å². The van der Waals surface area contributed by atoms with Crippen LogP contribution in [-0.2, 0) is 23.1 Å². The number of benzene rings is 3. The summed E-state index contributed by atoms with van der Waals surface area (Å²) in [6.45, 7) is 2.69. The zero-order valence-corrected chi connectivity index (χ0v) is 25.2. The average Bonchev–Trinajstić information content (AvgIpc) is 3.55. The highest BCUT2D eigenvalue weighted by Gasteiger charge is 2.39. The molecule has 4 aromatic rings. The van der Waals surface area contributed by atoms with E-state index in [4.69, 9.17) is 0 Å². The van der Waals surface area contributed by atoms with E-state index in [1.54, 1.807) is 17.5 Å². The summed E-state index contributed by atoms with van der Waals surface area (Å²) in [7, 11) is -3.80. The second-order valence-electron chi connectivity index (χ2n) is 10.7. The van der Waals surface area contributed by atoms with Gasteiger partial charge in [-0.05, 0) is 66.9 Å². The summed E-state index contributed by atoms with van der Waals surface area (Å²) >= 11 is 1.20. The Morgan fingerprint density at radius 1 is 0.857 bits per heavy atom. The molecule has 0 unspecified atom stereocenters. The molecule has 0 radical (unpaired) electrons. The molecular weight excluding hydrogens is 567 g/mol. The molecular formula is C33H37N3O4S2. The van der Waals surface area contributed by atoms with Crippen molar-refractivity contribution in [1.29, 1.82) is 0 Å². The van der Waals surface area contributed by atoms with E-state index >= 15 is 0 Å². The number of carboxylic acid groups (broad SMARTS) is 1. The standard InChI is InChI=1S/C33H37N3O4S2/c37-33(38)35-22-20-31(36(29-16-8-3-9-17-29)42(39,40)32-19-11-23-41-32)24-30(35)18-10-21-34(25-27-12-4-1-5-13-27)26-28-14-6-2-7-15-28/h1-9,11-17,19,23,30-31H,10,18,20-22,24-26H2,(H,37,38)/t30-,31-/m0/s1. The second kappa shape index (κ2) is 14.0. The lowest BCUT2D eigenvalue weighted by Crippen LogP contribution is -2.53. The van der Waals surface area contributed by atoms with Gasteiger partial charge < -0.3 is 10.0 Å². The van der Waals surface area contributed by atoms with E-state index in [0.29, 0.717) is 35.7 Å². The number of sulfonamides is 1. The Balaban J connectivity index is 1.33. The first-order chi connectivity index (χ1) is 20.4. The van der Waals surface area contributed by atoms with Crippen LogP contribution < -0.4 is 4.31 Å². The Morgan fingerprint density at radius 2 is 1.45 bits per heavy atom. The van der Waals surface area contributed by atoms with Crippen LogP contribution in [0.4, 0.5) is 10.5 Å². The zero-order valence-electron chi connectivity index (χ0n) is 23.5. The summed E-state index contributed by atoms with van der Waals surface area (Å²) in [6.07, 6.45) is 1.39. The second-order valence-corrected chi connectivity index (χ2v) is 13.7. The highest BCUT2D eigenvalue weighted by atomic mass is 32.2. The number of likely N-dealkylation sites (tertiary alicyclic amines) is 1. The van der Waals surface area contributed by atoms with Crippen molar-refractivity contribution in [1.82, 2.24) is 9.80 Å². The molecule has 0 spiro atoms. The molecule has 1 amide bonds. The number of para-hydroxylation sites is 1. The molecule has 7 nitrogen and oxygen atoms in total. The largest absolute Gasteiger partial charge is 0.465 e. The van der Waals surface area contributed by atoms with Crippen molar-refractivity contribution in [3.05, 3.63) is 120 Å². The molecule has 5 rings (SSSR count). The maximum absolute atomic E-state index is 13.9. The molecule has 9 heteroatoms. The first-order valence-corrected chi connectivity index (χ1v) is 16.7. The number of nitrogens with zero attached hydrogens (tertiary/aromatic N) is 3. The molecule has 0 bridgehead atoms. The Morgan fingerprint density at radius 3 is 2.00 bits per heavy atom. The fraction of sp³-hybridized carbons (Fsp3) is 0.303. The normalized spacial score (nSPS) is 17.3. The van der Waals surface area contributed by atoms with E-state index in [1.807, 2.05) is 66.7 Å². The predicted molar refractivity (Wildman–Crippen MR) is 168 cm³/mol. The van der Waals surface area contributed by atoms with Gasteiger partial charge in [0, 0.05) is 31.7 Å². The zero-order chi connectivity index (χ0) is 29.4. The van der Waals surface area contributed by atoms with Gasteiger partial charge >= 0.3 is 6.09 Å². The van der Waals surface area contributed by atoms with Crippen molar-refractivity contribution in [3.8, 4) is 0 Å². The summed E-state index contributed by atoms with van der Waals surface area (Å²) in [4.78, 5) is 16.2. The number of piperidine rings is 1. The Labute approximate surface area is 252 Å². The minimum atomic E-state index is -3.80. The van der Waals surface area contributed by atoms with Gasteiger partial charge in [0.25, 0.3) is 10.0 Å². The molecule has 0 saturated carbocycles. The van der Waals surface area contributed by atoms with Crippen LogP contribution in [0, 0.1) is 0 Å². The van der Waals surface area contributed by atoms with Gasteiger partial charge in [0.1, 0.15) is 4.21 Å². The Kier molecular flexibility index (Phi) is 9.94. The van der Waals surface area contributed by atoms with Gasteiger partial charge in [-0.2, -0.15) is 0 Å². The van der Waals surface area contributed by atoms with Crippen molar-refractivity contribution in [3.63, 3.8) is 0 Å². The van der Waals surface area contributed by atoms with Gasteiger partial charge in [-0.1, -0.05) is 84.9 Å². The molecule has 1 aromatic heterocycles. The van der Waals surface area contributed by atoms with Crippen molar-refractivity contribution in [2.45, 2.75) is 55.1 Å². The number of rotatable bonds is 12. The van der Waals surface area contributed by atoms with Gasteiger partial charge in [-0.15, -0.1) is 11.3 Å². The molecule has 2 heterocycles. The number of hydrogen-bond acceptors (Lipinski definition) is 5. The quantitative estimate of drug-likeness (QED) is 0.190. The third-order valence-electron chi connectivity index (χ3n) is 7.79. The van der Waals surface area contributed by atoms with Crippen LogP contribution in [0.15, 0.2) is 113 Å². The van der Waals surface area contributed by atoms with Gasteiger partial charge in [-0.3, -0.25) is 9.21 Å². The lowest BCUT2D eigenvalue weighted by molar-refractivity contribution is 0.0957. The maximum atomic E-state index is 13.9. The number of amides is 1. The molecule has 42 heavy (non-hydrogen) atoms. The van der Waals surface area contributed by atoms with E-state index in [2.05, 4.69) is 29.2 Å². The average molecular weight is 604 g/mol. The van der Waals surface area contributed by atoms with E-state index in [9.17, 15) is 18.3 Å². The van der Waals surface area contributed by atoms with Crippen LogP contribution in [0.1, 0.15) is 36.8 Å². The van der Waals surface area contributed by atoms with Crippen LogP contribution in [0.5, 0.6) is 0 Å². The van der Waals surface area contributed by atoms with Crippen LogP contribution >= 0.6 is 11.3 Å². The Hall–Kier alpha value is -3.66. The first-order valence-electron chi connectivity index (χ1n) is 14.3. The van der Waals surface area contributed by atoms with E-state index in [0.717, 1.165) is 26.1 Å². The molecule has 1 N–H and O–H groups in total. The fourth-order valence-electron chi connectivity index (χ4n) is 5.84. The molecule has 0 aliphatic carbocycles. The molecule has 2 atom stereocenters. The molecule has 1 aliphatic rings. The summed E-state index contributed by atoms with van der Waals surface area (Å²) in [5, 5.41) is 11.8. The molecule has 1 aliphatic heterocycles. The molecule has 1 saturated heterocycles. The van der Waals surface area contributed by atoms with Crippen LogP contribution in [0.25, 0.3) is 0 Å². The number of hydrogen-bond donors (Lipinski definition) is 1. The summed E-state index contributed by atoms with van der Waals surface area (Å²) in [5.41, 5.74) is 3.07. The minimum absolute atomic E-state index is 0.277. The SMILES string of the molecule is O=C(O)N1CC[C@H](N(c2ccccc2)S(=O)(=O)c2cccs2)C[C@@H]1CCCN(Cc1ccccc1)Cc1ccccc1. The molecule has 220 valence electrons. The van der Waals surface area contributed by atoms with Crippen molar-refractivity contribution < 1.29 is 18.3 Å². The molecule has 3 aromatic carbocycles. The smallest absolute Gasteiger partial charge is 0.407 e. The monoisotopic (exact) mass is 603 g/mol. The number of carbonyl (C=O) groups is 1. The van der Waals surface area contributed by atoms with Crippen LogP contribution in [-0.4, -0.2) is 54.6 Å². The number of anilines is 1. The van der Waals surface area contributed by atoms with Gasteiger partial charge in [-0.25, -0.2) is 13.2 Å². The van der Waals surface area contributed by atoms with E-state index in [1.165, 1.54) is 31.7 Å². The van der Waals surface area contributed by atoms with E-state index in [-0.39, 0.29) is 12.1 Å². The van der Waals surface area contributed by atoms with Gasteiger partial charge in [0.05, 0.1) is 5.69 Å². The third-order valence-corrected chi connectivity index (χ3v) is 11.0. The lowest BCUT2D eigenvalue weighted by Gasteiger charge is -2.42. The Bertz CT molecular complexity index is 1460. The maximum Gasteiger partial charge on any atom is 0.407 e. The van der Waals surface area contributed by atoms with Gasteiger partial charge in [0.2, 0.25) is 0 Å². The first kappa shape index (κ1) is 29.8. The summed E-state index contributed by atoms with van der Waals surface area (Å²) in [5.74, 6) is 0. The van der Waals surface area contributed by atoms with Gasteiger partial charge in [0.15, 0.2) is 0 Å². The predicted octanol–water partition coefficient (Wildman–Crippen LogP) is 6.94. The summed E-state index contributed by atoms with van der Waals surface area (Å²) in [6, 6.07) is 32.7. The van der Waals surface area contributed by atoms with E-state index < -0.39 is 16.1 Å². The van der Waals surface area contributed by atoms with Crippen molar-refractivity contribution in [2.75, 3.05) is 17.4 Å². The topological polar surface area (TPSA) is 81.2 Å². The van der Waals surface area contributed by atoms with Crippen LogP contribution in [0.2, 0.25) is 0 Å². The third kappa shape index (κ3) is 7.40. The van der Waals surface area contributed by atoms with Crippen molar-refractivity contribution in [2.24, 2.45) is 0 Å². The summed E-state index contributed by atoms with van der Waals surface area (Å²) < 4.78 is 29.6.